The zero-order valence-electron chi connectivity index (χ0n) is 13.4. The minimum absolute atomic E-state index is 0.108. The number of hydrogen-bond donors (Lipinski definition) is 1. The molecule has 21 heavy (non-hydrogen) atoms. The fraction of sp³-hybridized carbons (Fsp3) is 0.562. The van der Waals surface area contributed by atoms with E-state index >= 15 is 0 Å². The van der Waals surface area contributed by atoms with E-state index in [0.29, 0.717) is 18.0 Å². The van der Waals surface area contributed by atoms with E-state index in [2.05, 4.69) is 11.8 Å². The summed E-state index contributed by atoms with van der Waals surface area (Å²) in [5.74, 6) is 0.208. The number of carboxylic acid groups (broad SMARTS) is 1. The molecule has 0 saturated heterocycles. The molecule has 0 aromatic heterocycles. The van der Waals surface area contributed by atoms with E-state index in [0.717, 1.165) is 12.1 Å². The summed E-state index contributed by atoms with van der Waals surface area (Å²) in [6.07, 6.45) is 0. The van der Waals surface area contributed by atoms with Gasteiger partial charge in [0.1, 0.15) is 0 Å². The van der Waals surface area contributed by atoms with Gasteiger partial charge in [-0.05, 0) is 31.2 Å². The number of aliphatic carboxylic acids is 1. The van der Waals surface area contributed by atoms with Gasteiger partial charge < -0.3 is 14.6 Å². The third kappa shape index (κ3) is 4.36. The van der Waals surface area contributed by atoms with Gasteiger partial charge in [0.25, 0.3) is 0 Å². The molecule has 0 saturated carbocycles. The molecule has 0 fully saturated rings. The molecule has 2 atom stereocenters. The van der Waals surface area contributed by atoms with E-state index in [1.807, 2.05) is 25.1 Å². The summed E-state index contributed by atoms with van der Waals surface area (Å²) in [6, 6.07) is 5.91. The lowest BCUT2D eigenvalue weighted by Gasteiger charge is -2.30. The molecule has 0 spiro atoms. The molecule has 5 heteroatoms. The molecule has 0 aliphatic rings. The Balaban J connectivity index is 2.94. The van der Waals surface area contributed by atoms with Gasteiger partial charge in [0.2, 0.25) is 0 Å². The van der Waals surface area contributed by atoms with Crippen LogP contribution in [0.25, 0.3) is 0 Å². The average molecular weight is 295 g/mol. The Morgan fingerprint density at radius 1 is 1.24 bits per heavy atom. The van der Waals surface area contributed by atoms with Crippen LogP contribution >= 0.6 is 0 Å². The molecule has 1 N–H and O–H groups in total. The van der Waals surface area contributed by atoms with Crippen molar-refractivity contribution in [3.63, 3.8) is 0 Å². The maximum atomic E-state index is 11.0. The van der Waals surface area contributed by atoms with Gasteiger partial charge in [0, 0.05) is 12.6 Å². The Kier molecular flexibility index (Phi) is 6.49. The largest absolute Gasteiger partial charge is 0.493 e. The molecule has 0 radical (unpaired) electrons. The van der Waals surface area contributed by atoms with Gasteiger partial charge in [-0.25, -0.2) is 0 Å². The van der Waals surface area contributed by atoms with Crippen molar-refractivity contribution in [1.29, 1.82) is 0 Å². The lowest BCUT2D eigenvalue weighted by atomic mass is 10.0. The van der Waals surface area contributed by atoms with Crippen molar-refractivity contribution in [3.05, 3.63) is 23.8 Å². The van der Waals surface area contributed by atoms with E-state index in [1.54, 1.807) is 21.1 Å². The van der Waals surface area contributed by atoms with Gasteiger partial charge in [-0.1, -0.05) is 19.9 Å². The molecule has 5 nitrogen and oxygen atoms in total. The monoisotopic (exact) mass is 295 g/mol. The van der Waals surface area contributed by atoms with Crippen molar-refractivity contribution in [3.8, 4) is 11.5 Å². The van der Waals surface area contributed by atoms with Crippen LogP contribution in [0.5, 0.6) is 11.5 Å². The van der Waals surface area contributed by atoms with Crippen LogP contribution in [-0.2, 0) is 4.79 Å². The molecular formula is C16H25NO4. The molecule has 118 valence electrons. The normalized spacial score (nSPS) is 13.8. The van der Waals surface area contributed by atoms with Crippen LogP contribution in [0.4, 0.5) is 0 Å². The Labute approximate surface area is 126 Å². The van der Waals surface area contributed by atoms with Gasteiger partial charge >= 0.3 is 5.97 Å². The molecule has 0 bridgehead atoms. The van der Waals surface area contributed by atoms with E-state index in [1.165, 1.54) is 0 Å². The van der Waals surface area contributed by atoms with Gasteiger partial charge in [0.15, 0.2) is 11.5 Å². The predicted molar refractivity (Wildman–Crippen MR) is 82.0 cm³/mol. The van der Waals surface area contributed by atoms with Crippen LogP contribution < -0.4 is 9.47 Å². The number of carboxylic acids is 1. The van der Waals surface area contributed by atoms with Gasteiger partial charge in [0.05, 0.1) is 20.1 Å². The number of benzene rings is 1. The summed E-state index contributed by atoms with van der Waals surface area (Å²) in [4.78, 5) is 13.2. The van der Waals surface area contributed by atoms with Crippen molar-refractivity contribution < 1.29 is 19.4 Å². The van der Waals surface area contributed by atoms with Gasteiger partial charge in [-0.2, -0.15) is 0 Å². The highest BCUT2D eigenvalue weighted by Gasteiger charge is 2.21. The van der Waals surface area contributed by atoms with E-state index < -0.39 is 11.9 Å². The first kappa shape index (κ1) is 17.3. The number of ether oxygens (including phenoxy) is 2. The number of methoxy groups -OCH3 is 2. The first-order chi connectivity index (χ1) is 9.94. The second-order valence-corrected chi connectivity index (χ2v) is 5.12. The SMILES string of the molecule is CCN(CC(C)C(=O)O)C(C)c1ccc(OC)c(OC)c1. The molecule has 1 aromatic rings. The molecule has 2 unspecified atom stereocenters. The highest BCUT2D eigenvalue weighted by molar-refractivity contribution is 5.69. The summed E-state index contributed by atoms with van der Waals surface area (Å²) >= 11 is 0. The zero-order chi connectivity index (χ0) is 16.0. The van der Waals surface area contributed by atoms with Crippen molar-refractivity contribution in [2.75, 3.05) is 27.3 Å². The fourth-order valence-electron chi connectivity index (χ4n) is 2.31. The highest BCUT2D eigenvalue weighted by atomic mass is 16.5. The molecule has 1 aromatic carbocycles. The van der Waals surface area contributed by atoms with Crippen LogP contribution in [-0.4, -0.2) is 43.3 Å². The van der Waals surface area contributed by atoms with Gasteiger partial charge in [-0.15, -0.1) is 0 Å². The summed E-state index contributed by atoms with van der Waals surface area (Å²) in [6.45, 7) is 7.13. The second-order valence-electron chi connectivity index (χ2n) is 5.12. The van der Waals surface area contributed by atoms with E-state index in [9.17, 15) is 4.79 Å². The van der Waals surface area contributed by atoms with Gasteiger partial charge in [-0.3, -0.25) is 9.69 Å². The third-order valence-corrected chi connectivity index (χ3v) is 3.77. The smallest absolute Gasteiger partial charge is 0.307 e. The lowest BCUT2D eigenvalue weighted by Crippen LogP contribution is -2.33. The minimum atomic E-state index is -0.770. The summed E-state index contributed by atoms with van der Waals surface area (Å²) in [5.41, 5.74) is 1.08. The van der Waals surface area contributed by atoms with E-state index in [4.69, 9.17) is 14.6 Å². The minimum Gasteiger partial charge on any atom is -0.493 e. The van der Waals surface area contributed by atoms with Crippen LogP contribution in [0.3, 0.4) is 0 Å². The molecule has 0 aliphatic carbocycles. The topological polar surface area (TPSA) is 59.0 Å². The number of rotatable bonds is 8. The van der Waals surface area contributed by atoms with Crippen molar-refractivity contribution >= 4 is 5.97 Å². The summed E-state index contributed by atoms with van der Waals surface area (Å²) in [5, 5.41) is 9.07. The molecule has 0 amide bonds. The van der Waals surface area contributed by atoms with Crippen LogP contribution in [0.15, 0.2) is 18.2 Å². The maximum absolute atomic E-state index is 11.0. The van der Waals surface area contributed by atoms with Crippen molar-refractivity contribution in [2.45, 2.75) is 26.8 Å². The van der Waals surface area contributed by atoms with Crippen molar-refractivity contribution in [1.82, 2.24) is 4.90 Å². The molecule has 0 heterocycles. The Morgan fingerprint density at radius 2 is 1.86 bits per heavy atom. The molecular weight excluding hydrogens is 270 g/mol. The second kappa shape index (κ2) is 7.88. The Morgan fingerprint density at radius 3 is 2.33 bits per heavy atom. The average Bonchev–Trinajstić information content (AvgIpc) is 2.50. The summed E-state index contributed by atoms with van der Waals surface area (Å²) in [7, 11) is 3.21. The Hall–Kier alpha value is -1.75. The Bertz CT molecular complexity index is 475. The third-order valence-electron chi connectivity index (χ3n) is 3.77. The fourth-order valence-corrected chi connectivity index (χ4v) is 2.31. The number of hydrogen-bond acceptors (Lipinski definition) is 4. The van der Waals surface area contributed by atoms with Crippen molar-refractivity contribution in [2.24, 2.45) is 5.92 Å². The first-order valence-corrected chi connectivity index (χ1v) is 7.13. The van der Waals surface area contributed by atoms with Crippen LogP contribution in [0, 0.1) is 5.92 Å². The highest BCUT2D eigenvalue weighted by Crippen LogP contribution is 2.31. The number of carbonyl (C=O) groups is 1. The molecule has 0 aliphatic heterocycles. The predicted octanol–water partition coefficient (Wildman–Crippen LogP) is 2.81. The van der Waals surface area contributed by atoms with Crippen LogP contribution in [0.1, 0.15) is 32.4 Å². The zero-order valence-corrected chi connectivity index (χ0v) is 13.4. The quantitative estimate of drug-likeness (QED) is 0.799. The summed E-state index contributed by atoms with van der Waals surface area (Å²) < 4.78 is 10.6. The first-order valence-electron chi connectivity index (χ1n) is 7.13. The lowest BCUT2D eigenvalue weighted by molar-refractivity contribution is -0.141. The molecule has 1 rings (SSSR count). The maximum Gasteiger partial charge on any atom is 0.307 e. The standard InChI is InChI=1S/C16H25NO4/c1-6-17(10-11(2)16(18)19)12(3)13-7-8-14(20-4)15(9-13)21-5/h7-9,11-12H,6,10H2,1-5H3,(H,18,19). The van der Waals surface area contributed by atoms with Crippen LogP contribution in [0.2, 0.25) is 0 Å². The number of nitrogens with zero attached hydrogens (tertiary/aromatic N) is 1. The van der Waals surface area contributed by atoms with E-state index in [-0.39, 0.29) is 6.04 Å².